The standard InChI is InChI=1S/C23H29N3O/c1-18-10-14-26(15-11-18)22-8-6-21(7-9-22)24-23(27)17-25-13-12-19-4-2-3-5-20(19)16-25/h2-9,18H,10-17H2,1H3,(H,24,27). The molecule has 0 aliphatic carbocycles. The zero-order valence-corrected chi connectivity index (χ0v) is 16.2. The van der Waals surface area contributed by atoms with Crippen molar-refractivity contribution in [3.63, 3.8) is 0 Å². The second kappa shape index (κ2) is 8.13. The number of rotatable bonds is 4. The molecule has 0 spiro atoms. The molecule has 142 valence electrons. The Bertz CT molecular complexity index is 778. The van der Waals surface area contributed by atoms with Crippen molar-refractivity contribution < 1.29 is 4.79 Å². The van der Waals surface area contributed by atoms with Crippen LogP contribution in [0.5, 0.6) is 0 Å². The van der Waals surface area contributed by atoms with Crippen LogP contribution in [0.25, 0.3) is 0 Å². The quantitative estimate of drug-likeness (QED) is 0.894. The number of amides is 1. The van der Waals surface area contributed by atoms with Gasteiger partial charge in [-0.05, 0) is 60.6 Å². The number of fused-ring (bicyclic) bond motifs is 1. The Morgan fingerprint density at radius 3 is 2.44 bits per heavy atom. The highest BCUT2D eigenvalue weighted by Crippen LogP contribution is 2.24. The van der Waals surface area contributed by atoms with E-state index in [1.54, 1.807) is 0 Å². The first-order valence-corrected chi connectivity index (χ1v) is 10.1. The van der Waals surface area contributed by atoms with Crippen LogP contribution in [0.3, 0.4) is 0 Å². The molecule has 4 nitrogen and oxygen atoms in total. The van der Waals surface area contributed by atoms with Gasteiger partial charge in [0.2, 0.25) is 5.91 Å². The van der Waals surface area contributed by atoms with Gasteiger partial charge in [-0.2, -0.15) is 0 Å². The van der Waals surface area contributed by atoms with E-state index >= 15 is 0 Å². The van der Waals surface area contributed by atoms with Gasteiger partial charge in [-0.25, -0.2) is 0 Å². The van der Waals surface area contributed by atoms with Crippen LogP contribution >= 0.6 is 0 Å². The summed E-state index contributed by atoms with van der Waals surface area (Å²) in [6.07, 6.45) is 3.54. The lowest BCUT2D eigenvalue weighted by Gasteiger charge is -2.32. The lowest BCUT2D eigenvalue weighted by Crippen LogP contribution is -2.37. The average molecular weight is 364 g/mol. The second-order valence-electron chi connectivity index (χ2n) is 7.99. The largest absolute Gasteiger partial charge is 0.372 e. The average Bonchev–Trinajstić information content (AvgIpc) is 2.69. The molecule has 4 heteroatoms. The smallest absolute Gasteiger partial charge is 0.238 e. The number of nitrogens with one attached hydrogen (secondary N) is 1. The van der Waals surface area contributed by atoms with E-state index in [0.29, 0.717) is 6.54 Å². The molecule has 1 amide bonds. The van der Waals surface area contributed by atoms with E-state index in [1.807, 2.05) is 12.1 Å². The molecular weight excluding hydrogens is 334 g/mol. The van der Waals surface area contributed by atoms with E-state index in [0.717, 1.165) is 44.2 Å². The Balaban J connectivity index is 1.30. The molecule has 0 atom stereocenters. The molecular formula is C23H29N3O. The molecule has 4 rings (SSSR count). The molecule has 1 fully saturated rings. The predicted octanol–water partition coefficient (Wildman–Crippen LogP) is 3.92. The molecule has 0 bridgehead atoms. The Morgan fingerprint density at radius 2 is 1.70 bits per heavy atom. The number of piperidine rings is 1. The number of benzene rings is 2. The molecule has 0 unspecified atom stereocenters. The first-order valence-electron chi connectivity index (χ1n) is 10.1. The van der Waals surface area contributed by atoms with Gasteiger partial charge in [-0.15, -0.1) is 0 Å². The fourth-order valence-corrected chi connectivity index (χ4v) is 4.12. The van der Waals surface area contributed by atoms with Crippen molar-refractivity contribution in [2.24, 2.45) is 5.92 Å². The summed E-state index contributed by atoms with van der Waals surface area (Å²) in [7, 11) is 0. The minimum atomic E-state index is 0.0638. The molecule has 0 radical (unpaired) electrons. The third kappa shape index (κ3) is 4.51. The Hall–Kier alpha value is -2.33. The molecule has 2 aromatic rings. The summed E-state index contributed by atoms with van der Waals surface area (Å²) in [4.78, 5) is 17.1. The molecule has 2 aliphatic rings. The number of hydrogen-bond donors (Lipinski definition) is 1. The monoisotopic (exact) mass is 363 g/mol. The van der Waals surface area contributed by atoms with Gasteiger partial charge in [0.15, 0.2) is 0 Å². The topological polar surface area (TPSA) is 35.6 Å². The van der Waals surface area contributed by atoms with Crippen molar-refractivity contribution in [3.8, 4) is 0 Å². The van der Waals surface area contributed by atoms with Gasteiger partial charge in [-0.3, -0.25) is 9.69 Å². The van der Waals surface area contributed by atoms with Crippen molar-refractivity contribution >= 4 is 17.3 Å². The van der Waals surface area contributed by atoms with Crippen molar-refractivity contribution in [2.75, 3.05) is 36.4 Å². The normalized spacial score (nSPS) is 18.2. The van der Waals surface area contributed by atoms with E-state index in [9.17, 15) is 4.79 Å². The van der Waals surface area contributed by atoms with Crippen LogP contribution in [0.2, 0.25) is 0 Å². The highest BCUT2D eigenvalue weighted by Gasteiger charge is 2.18. The van der Waals surface area contributed by atoms with Crippen LogP contribution in [0, 0.1) is 5.92 Å². The van der Waals surface area contributed by atoms with Gasteiger partial charge in [-0.1, -0.05) is 31.2 Å². The van der Waals surface area contributed by atoms with Gasteiger partial charge >= 0.3 is 0 Å². The van der Waals surface area contributed by atoms with Crippen molar-refractivity contribution in [1.29, 1.82) is 0 Å². The van der Waals surface area contributed by atoms with Gasteiger partial charge in [0, 0.05) is 37.6 Å². The highest BCUT2D eigenvalue weighted by atomic mass is 16.2. The minimum absolute atomic E-state index is 0.0638. The summed E-state index contributed by atoms with van der Waals surface area (Å²) in [5.74, 6) is 0.899. The summed E-state index contributed by atoms with van der Waals surface area (Å²) in [5.41, 5.74) is 4.90. The van der Waals surface area contributed by atoms with E-state index < -0.39 is 0 Å². The van der Waals surface area contributed by atoms with Gasteiger partial charge in [0.05, 0.1) is 6.54 Å². The maximum atomic E-state index is 12.5. The van der Waals surface area contributed by atoms with Crippen molar-refractivity contribution in [1.82, 2.24) is 4.90 Å². The molecule has 2 heterocycles. The summed E-state index contributed by atoms with van der Waals surface area (Å²) in [6, 6.07) is 16.8. The highest BCUT2D eigenvalue weighted by molar-refractivity contribution is 5.92. The van der Waals surface area contributed by atoms with E-state index in [1.165, 1.54) is 29.7 Å². The van der Waals surface area contributed by atoms with Crippen LogP contribution in [0.15, 0.2) is 48.5 Å². The molecule has 0 aromatic heterocycles. The third-order valence-corrected chi connectivity index (χ3v) is 5.88. The molecule has 1 saturated heterocycles. The zero-order valence-electron chi connectivity index (χ0n) is 16.2. The number of hydrogen-bond acceptors (Lipinski definition) is 3. The Labute approximate surface area is 162 Å². The second-order valence-corrected chi connectivity index (χ2v) is 7.99. The summed E-state index contributed by atoms with van der Waals surface area (Å²) in [6.45, 7) is 6.83. The first kappa shape index (κ1) is 18.1. The maximum absolute atomic E-state index is 12.5. The first-order chi connectivity index (χ1) is 13.2. The van der Waals surface area contributed by atoms with Gasteiger partial charge in [0.1, 0.15) is 0 Å². The zero-order chi connectivity index (χ0) is 18.6. The fraction of sp³-hybridized carbons (Fsp3) is 0.435. The van der Waals surface area contributed by atoms with E-state index in [4.69, 9.17) is 0 Å². The van der Waals surface area contributed by atoms with Crippen LogP contribution < -0.4 is 10.2 Å². The van der Waals surface area contributed by atoms with Gasteiger partial charge in [0.25, 0.3) is 0 Å². The van der Waals surface area contributed by atoms with E-state index in [-0.39, 0.29) is 5.91 Å². The summed E-state index contributed by atoms with van der Waals surface area (Å²) in [5, 5.41) is 3.05. The third-order valence-electron chi connectivity index (χ3n) is 5.88. The maximum Gasteiger partial charge on any atom is 0.238 e. The molecule has 2 aromatic carbocycles. The van der Waals surface area contributed by atoms with Crippen molar-refractivity contribution in [3.05, 3.63) is 59.7 Å². The molecule has 2 aliphatic heterocycles. The lowest BCUT2D eigenvalue weighted by molar-refractivity contribution is -0.117. The van der Waals surface area contributed by atoms with Crippen LogP contribution in [0.4, 0.5) is 11.4 Å². The fourth-order valence-electron chi connectivity index (χ4n) is 4.12. The Morgan fingerprint density at radius 1 is 1.00 bits per heavy atom. The predicted molar refractivity (Wildman–Crippen MR) is 111 cm³/mol. The molecule has 1 N–H and O–H groups in total. The van der Waals surface area contributed by atoms with Crippen LogP contribution in [-0.4, -0.2) is 37.0 Å². The number of nitrogens with zero attached hydrogens (tertiary/aromatic N) is 2. The minimum Gasteiger partial charge on any atom is -0.372 e. The van der Waals surface area contributed by atoms with Crippen molar-refractivity contribution in [2.45, 2.75) is 32.7 Å². The number of carbonyl (C=O) groups is 1. The lowest BCUT2D eigenvalue weighted by atomic mass is 9.99. The van der Waals surface area contributed by atoms with Gasteiger partial charge < -0.3 is 10.2 Å². The number of carbonyl (C=O) groups excluding carboxylic acids is 1. The van der Waals surface area contributed by atoms with E-state index in [2.05, 4.69) is 58.4 Å². The molecule has 0 saturated carbocycles. The Kier molecular flexibility index (Phi) is 5.44. The summed E-state index contributed by atoms with van der Waals surface area (Å²) < 4.78 is 0. The number of anilines is 2. The molecule has 27 heavy (non-hydrogen) atoms. The van der Waals surface area contributed by atoms with Crippen LogP contribution in [0.1, 0.15) is 30.9 Å². The SMILES string of the molecule is CC1CCN(c2ccc(NC(=O)CN3CCc4ccccc4C3)cc2)CC1. The van der Waals surface area contributed by atoms with Crippen LogP contribution in [-0.2, 0) is 17.8 Å². The summed E-state index contributed by atoms with van der Waals surface area (Å²) >= 11 is 0.